The summed E-state index contributed by atoms with van der Waals surface area (Å²) in [5.74, 6) is 0.0550. The van der Waals surface area contributed by atoms with Gasteiger partial charge in [0.1, 0.15) is 6.29 Å². The van der Waals surface area contributed by atoms with Crippen LogP contribution in [-0.4, -0.2) is 25.3 Å². The van der Waals surface area contributed by atoms with Gasteiger partial charge in [0.05, 0.1) is 0 Å². The molecule has 1 amide bonds. The number of hydrogen-bond donors (Lipinski definition) is 2. The van der Waals surface area contributed by atoms with Gasteiger partial charge in [-0.15, -0.1) is 0 Å². The van der Waals surface area contributed by atoms with E-state index in [1.54, 1.807) is 0 Å². The van der Waals surface area contributed by atoms with Crippen molar-refractivity contribution in [1.82, 2.24) is 5.32 Å². The maximum absolute atomic E-state index is 11.0. The highest BCUT2D eigenvalue weighted by molar-refractivity contribution is 5.75. The molecule has 0 spiro atoms. The Balaban J connectivity index is 3.15. The SMILES string of the molecule is NCCCNC(=O)CCCCC=O. The molecular formula is C9H18N2O2. The molecule has 4 heteroatoms. The van der Waals surface area contributed by atoms with Crippen molar-refractivity contribution in [2.75, 3.05) is 13.1 Å². The van der Waals surface area contributed by atoms with E-state index in [1.165, 1.54) is 0 Å². The van der Waals surface area contributed by atoms with Crippen molar-refractivity contribution in [3.63, 3.8) is 0 Å². The van der Waals surface area contributed by atoms with E-state index in [1.807, 2.05) is 0 Å². The largest absolute Gasteiger partial charge is 0.356 e. The van der Waals surface area contributed by atoms with Crippen molar-refractivity contribution in [2.45, 2.75) is 32.1 Å². The molecular weight excluding hydrogens is 168 g/mol. The van der Waals surface area contributed by atoms with Crippen LogP contribution in [0.3, 0.4) is 0 Å². The first-order valence-corrected chi connectivity index (χ1v) is 4.71. The fourth-order valence-corrected chi connectivity index (χ4v) is 0.931. The van der Waals surface area contributed by atoms with E-state index >= 15 is 0 Å². The van der Waals surface area contributed by atoms with Crippen molar-refractivity contribution in [3.8, 4) is 0 Å². The van der Waals surface area contributed by atoms with Crippen LogP contribution in [0.4, 0.5) is 0 Å². The molecule has 0 saturated carbocycles. The van der Waals surface area contributed by atoms with E-state index < -0.39 is 0 Å². The number of nitrogens with one attached hydrogen (secondary N) is 1. The topological polar surface area (TPSA) is 72.2 Å². The minimum atomic E-state index is 0.0550. The molecule has 0 aliphatic rings. The molecule has 0 aliphatic heterocycles. The fraction of sp³-hybridized carbons (Fsp3) is 0.778. The van der Waals surface area contributed by atoms with Crippen LogP contribution in [0.1, 0.15) is 32.1 Å². The van der Waals surface area contributed by atoms with Gasteiger partial charge in [-0.2, -0.15) is 0 Å². The van der Waals surface area contributed by atoms with Gasteiger partial charge < -0.3 is 15.8 Å². The molecule has 0 heterocycles. The van der Waals surface area contributed by atoms with Crippen molar-refractivity contribution in [3.05, 3.63) is 0 Å². The Morgan fingerprint density at radius 1 is 1.31 bits per heavy atom. The average molecular weight is 186 g/mol. The van der Waals surface area contributed by atoms with Gasteiger partial charge in [-0.1, -0.05) is 0 Å². The van der Waals surface area contributed by atoms with Gasteiger partial charge in [-0.05, 0) is 25.8 Å². The summed E-state index contributed by atoms with van der Waals surface area (Å²) in [6.45, 7) is 1.26. The van der Waals surface area contributed by atoms with Crippen LogP contribution >= 0.6 is 0 Å². The summed E-state index contributed by atoms with van der Waals surface area (Å²) in [5.41, 5.74) is 5.26. The van der Waals surface area contributed by atoms with Crippen molar-refractivity contribution < 1.29 is 9.59 Å². The maximum atomic E-state index is 11.0. The number of amides is 1. The minimum absolute atomic E-state index is 0.0550. The zero-order chi connectivity index (χ0) is 9.94. The number of rotatable bonds is 8. The Morgan fingerprint density at radius 2 is 2.08 bits per heavy atom. The number of unbranched alkanes of at least 4 members (excludes halogenated alkanes) is 2. The van der Waals surface area contributed by atoms with Crippen molar-refractivity contribution in [1.29, 1.82) is 0 Å². The zero-order valence-corrected chi connectivity index (χ0v) is 7.92. The first kappa shape index (κ1) is 12.1. The molecule has 0 radical (unpaired) electrons. The maximum Gasteiger partial charge on any atom is 0.219 e. The fourth-order valence-electron chi connectivity index (χ4n) is 0.931. The first-order valence-electron chi connectivity index (χ1n) is 4.71. The van der Waals surface area contributed by atoms with Gasteiger partial charge in [-0.25, -0.2) is 0 Å². The second-order valence-electron chi connectivity index (χ2n) is 2.90. The van der Waals surface area contributed by atoms with Crippen LogP contribution in [0.2, 0.25) is 0 Å². The Bertz CT molecular complexity index is 149. The van der Waals surface area contributed by atoms with Crippen molar-refractivity contribution in [2.24, 2.45) is 5.73 Å². The molecule has 0 atom stereocenters. The number of nitrogens with two attached hydrogens (primary N) is 1. The van der Waals surface area contributed by atoms with Crippen LogP contribution in [0.25, 0.3) is 0 Å². The number of hydrogen-bond acceptors (Lipinski definition) is 3. The summed E-state index contributed by atoms with van der Waals surface area (Å²) >= 11 is 0. The summed E-state index contributed by atoms with van der Waals surface area (Å²) in [7, 11) is 0. The molecule has 0 unspecified atom stereocenters. The molecule has 0 rings (SSSR count). The molecule has 13 heavy (non-hydrogen) atoms. The lowest BCUT2D eigenvalue weighted by Crippen LogP contribution is -2.25. The van der Waals surface area contributed by atoms with E-state index in [0.717, 1.165) is 25.5 Å². The molecule has 0 bridgehead atoms. The smallest absolute Gasteiger partial charge is 0.219 e. The average Bonchev–Trinajstić information content (AvgIpc) is 2.13. The molecule has 0 saturated heterocycles. The van der Waals surface area contributed by atoms with Crippen molar-refractivity contribution >= 4 is 12.2 Å². The van der Waals surface area contributed by atoms with Crippen LogP contribution < -0.4 is 11.1 Å². The predicted octanol–water partition coefficient (Wildman–Crippen LogP) is 0.211. The van der Waals surface area contributed by atoms with Crippen LogP contribution in [0.15, 0.2) is 0 Å². The summed E-state index contributed by atoms with van der Waals surface area (Å²) in [4.78, 5) is 21.0. The summed E-state index contributed by atoms with van der Waals surface area (Å²) in [6, 6.07) is 0. The minimum Gasteiger partial charge on any atom is -0.356 e. The van der Waals surface area contributed by atoms with Gasteiger partial charge in [0.25, 0.3) is 0 Å². The Labute approximate surface area is 78.9 Å². The third-order valence-corrected chi connectivity index (χ3v) is 1.68. The predicted molar refractivity (Wildman–Crippen MR) is 51.2 cm³/mol. The van der Waals surface area contributed by atoms with Gasteiger partial charge in [0.15, 0.2) is 0 Å². The monoisotopic (exact) mass is 186 g/mol. The molecule has 0 fully saturated rings. The standard InChI is InChI=1S/C9H18N2O2/c10-6-4-7-11-9(13)5-2-1-3-8-12/h8H,1-7,10H2,(H,11,13). The highest BCUT2D eigenvalue weighted by Gasteiger charge is 1.98. The summed E-state index contributed by atoms with van der Waals surface area (Å²) in [6.07, 6.45) is 4.35. The second kappa shape index (κ2) is 9.19. The summed E-state index contributed by atoms with van der Waals surface area (Å²) < 4.78 is 0. The highest BCUT2D eigenvalue weighted by Crippen LogP contribution is 1.97. The summed E-state index contributed by atoms with van der Waals surface area (Å²) in [5, 5.41) is 2.75. The lowest BCUT2D eigenvalue weighted by atomic mass is 10.2. The molecule has 0 aromatic rings. The van der Waals surface area contributed by atoms with E-state index in [2.05, 4.69) is 5.32 Å². The third-order valence-electron chi connectivity index (χ3n) is 1.68. The molecule has 0 aromatic carbocycles. The normalized spacial score (nSPS) is 9.62. The lowest BCUT2D eigenvalue weighted by molar-refractivity contribution is -0.121. The van der Waals surface area contributed by atoms with E-state index in [0.29, 0.717) is 25.9 Å². The zero-order valence-electron chi connectivity index (χ0n) is 7.92. The Hall–Kier alpha value is -0.900. The first-order chi connectivity index (χ1) is 6.31. The van der Waals surface area contributed by atoms with E-state index in [-0.39, 0.29) is 5.91 Å². The quantitative estimate of drug-likeness (QED) is 0.420. The van der Waals surface area contributed by atoms with Gasteiger partial charge in [-0.3, -0.25) is 4.79 Å². The second-order valence-corrected chi connectivity index (χ2v) is 2.90. The third kappa shape index (κ3) is 9.01. The molecule has 0 aliphatic carbocycles. The lowest BCUT2D eigenvalue weighted by Gasteiger charge is -2.02. The van der Waals surface area contributed by atoms with Gasteiger partial charge in [0, 0.05) is 19.4 Å². The molecule has 3 N–H and O–H groups in total. The van der Waals surface area contributed by atoms with E-state index in [4.69, 9.17) is 5.73 Å². The van der Waals surface area contributed by atoms with Crippen LogP contribution in [0, 0.1) is 0 Å². The van der Waals surface area contributed by atoms with Crippen LogP contribution in [0.5, 0.6) is 0 Å². The number of aldehydes is 1. The molecule has 4 nitrogen and oxygen atoms in total. The Kier molecular flexibility index (Phi) is 8.55. The molecule has 76 valence electrons. The Morgan fingerprint density at radius 3 is 2.69 bits per heavy atom. The van der Waals surface area contributed by atoms with E-state index in [9.17, 15) is 9.59 Å². The number of carbonyl (C=O) groups excluding carboxylic acids is 2. The van der Waals surface area contributed by atoms with Crippen LogP contribution in [-0.2, 0) is 9.59 Å². The number of carbonyl (C=O) groups is 2. The molecule has 0 aromatic heterocycles. The highest BCUT2D eigenvalue weighted by atomic mass is 16.1. The van der Waals surface area contributed by atoms with Gasteiger partial charge in [0.2, 0.25) is 5.91 Å². The van der Waals surface area contributed by atoms with Gasteiger partial charge >= 0.3 is 0 Å².